The fourth-order valence-electron chi connectivity index (χ4n) is 4.14. The quantitative estimate of drug-likeness (QED) is 0.185. The van der Waals surface area contributed by atoms with E-state index in [1.165, 1.54) is 24.3 Å². The lowest BCUT2D eigenvalue weighted by Crippen LogP contribution is -2.25. The molecule has 0 saturated carbocycles. The highest BCUT2D eigenvalue weighted by molar-refractivity contribution is 7.77. The second-order valence-electron chi connectivity index (χ2n) is 9.42. The van der Waals surface area contributed by atoms with Gasteiger partial charge in [0.1, 0.15) is 11.6 Å². The van der Waals surface area contributed by atoms with Gasteiger partial charge in [-0.05, 0) is 69.5 Å². The van der Waals surface area contributed by atoms with E-state index >= 15 is 0 Å². The highest BCUT2D eigenvalue weighted by Crippen LogP contribution is 2.53. The smallest absolute Gasteiger partial charge is 0.335 e. The van der Waals surface area contributed by atoms with Crippen molar-refractivity contribution in [2.45, 2.75) is 13.0 Å². The highest BCUT2D eigenvalue weighted by atomic mass is 35.5. The first kappa shape index (κ1) is 30.4. The first-order chi connectivity index (χ1) is 18.7. The van der Waals surface area contributed by atoms with Crippen LogP contribution in [-0.4, -0.2) is 60.7 Å². The van der Waals surface area contributed by atoms with E-state index in [-0.39, 0.29) is 16.8 Å². The zero-order chi connectivity index (χ0) is 29.2. The van der Waals surface area contributed by atoms with E-state index < -0.39 is 20.9 Å². The van der Waals surface area contributed by atoms with Crippen molar-refractivity contribution in [3.63, 3.8) is 0 Å². The third-order valence-electron chi connectivity index (χ3n) is 5.95. The third-order valence-corrected chi connectivity index (χ3v) is 10.7. The van der Waals surface area contributed by atoms with Crippen LogP contribution >= 0.6 is 38.2 Å². The summed E-state index contributed by atoms with van der Waals surface area (Å²) in [6, 6.07) is 12.2. The maximum Gasteiger partial charge on any atom is 0.335 e. The minimum Gasteiger partial charge on any atom is -0.341 e. The van der Waals surface area contributed by atoms with Crippen LogP contribution in [0.25, 0.3) is 22.2 Å². The van der Waals surface area contributed by atoms with Crippen LogP contribution in [-0.2, 0) is 15.7 Å². The Morgan fingerprint density at radius 3 is 2.27 bits per heavy atom. The summed E-state index contributed by atoms with van der Waals surface area (Å²) in [6.45, 7) is 1.12. The van der Waals surface area contributed by atoms with E-state index in [0.29, 0.717) is 50.9 Å². The monoisotopic (exact) mass is 625 g/mol. The zero-order valence-corrected chi connectivity index (χ0v) is 24.8. The molecule has 0 aliphatic rings. The Bertz CT molecular complexity index is 1690. The number of aryl methyl sites for hydroxylation is 1. The number of pyridine rings is 1. The fourth-order valence-corrected chi connectivity index (χ4v) is 8.01. The number of hydrogen-bond donors (Lipinski definition) is 4. The molecule has 15 heteroatoms. The first-order valence-electron chi connectivity index (χ1n) is 12.0. The van der Waals surface area contributed by atoms with Crippen molar-refractivity contribution < 1.29 is 23.8 Å². The standard InChI is InChI=1S/C25H27Cl2N5O6P2/c1-31(2)11-4-12-32-23-16(13-19(24(32)33)22-20(26)5-3-6-21(22)27)14-28-25(30-23)29-17-7-9-18(10-8-17)39(34,35)15-40(36,37)38/h3,5-10,13-14H,4,11-12,15H2,1-2H3,(H,34,35)(H,28,29,30)(H2,36,37,38). The zero-order valence-electron chi connectivity index (χ0n) is 21.5. The van der Waals surface area contributed by atoms with Crippen LogP contribution < -0.4 is 16.2 Å². The second kappa shape index (κ2) is 12.1. The molecule has 4 aromatic rings. The van der Waals surface area contributed by atoms with Gasteiger partial charge in [0.05, 0.1) is 15.6 Å². The number of anilines is 2. The molecule has 40 heavy (non-hydrogen) atoms. The maximum absolute atomic E-state index is 13.7. The number of aromatic nitrogens is 3. The van der Waals surface area contributed by atoms with Crippen LogP contribution in [0.5, 0.6) is 0 Å². The van der Waals surface area contributed by atoms with Gasteiger partial charge in [0.2, 0.25) is 13.3 Å². The summed E-state index contributed by atoms with van der Waals surface area (Å²) in [5, 5.41) is 4.19. The molecular formula is C25H27Cl2N5O6P2. The van der Waals surface area contributed by atoms with E-state index in [2.05, 4.69) is 15.3 Å². The predicted octanol–water partition coefficient (Wildman–Crippen LogP) is 4.49. The van der Waals surface area contributed by atoms with Crippen LogP contribution in [0, 0.1) is 0 Å². The number of rotatable bonds is 10. The predicted molar refractivity (Wildman–Crippen MR) is 159 cm³/mol. The van der Waals surface area contributed by atoms with Gasteiger partial charge in [-0.1, -0.05) is 29.3 Å². The van der Waals surface area contributed by atoms with Crippen molar-refractivity contribution in [2.75, 3.05) is 31.9 Å². The lowest BCUT2D eigenvalue weighted by molar-refractivity contribution is 0.376. The molecule has 4 rings (SSSR count). The summed E-state index contributed by atoms with van der Waals surface area (Å²) < 4.78 is 25.2. The topological polar surface area (TPSA) is 158 Å². The number of nitrogens with zero attached hydrogens (tertiary/aromatic N) is 4. The van der Waals surface area contributed by atoms with Crippen LogP contribution in [0.15, 0.2) is 59.5 Å². The minimum atomic E-state index is -4.69. The molecule has 11 nitrogen and oxygen atoms in total. The molecule has 0 spiro atoms. The summed E-state index contributed by atoms with van der Waals surface area (Å²) in [5.41, 5.74) is 1.31. The summed E-state index contributed by atoms with van der Waals surface area (Å²) in [4.78, 5) is 52.9. The van der Waals surface area contributed by atoms with Crippen molar-refractivity contribution in [1.82, 2.24) is 19.4 Å². The van der Waals surface area contributed by atoms with E-state index in [0.717, 1.165) is 6.54 Å². The lowest BCUT2D eigenvalue weighted by atomic mass is 10.1. The molecular weight excluding hydrogens is 599 g/mol. The summed E-state index contributed by atoms with van der Waals surface area (Å²) in [6.07, 6.45) is 2.24. The van der Waals surface area contributed by atoms with Crippen molar-refractivity contribution in [3.8, 4) is 11.1 Å². The molecule has 4 N–H and O–H groups in total. The van der Waals surface area contributed by atoms with Crippen molar-refractivity contribution in [2.24, 2.45) is 0 Å². The molecule has 0 aliphatic carbocycles. The lowest BCUT2D eigenvalue weighted by Gasteiger charge is -2.16. The molecule has 0 bridgehead atoms. The van der Waals surface area contributed by atoms with Crippen LogP contribution in [0.3, 0.4) is 0 Å². The van der Waals surface area contributed by atoms with Gasteiger partial charge in [-0.15, -0.1) is 0 Å². The minimum absolute atomic E-state index is 0.0960. The molecule has 2 aromatic heterocycles. The Balaban J connectivity index is 1.72. The Kier molecular flexibility index (Phi) is 9.19. The van der Waals surface area contributed by atoms with Crippen LogP contribution in [0.1, 0.15) is 6.42 Å². The van der Waals surface area contributed by atoms with Gasteiger partial charge >= 0.3 is 7.60 Å². The molecule has 0 fully saturated rings. The Hall–Kier alpha value is -2.59. The van der Waals surface area contributed by atoms with E-state index in [4.69, 9.17) is 33.0 Å². The fraction of sp³-hybridized carbons (Fsp3) is 0.240. The van der Waals surface area contributed by atoms with E-state index in [1.807, 2.05) is 19.0 Å². The summed E-state index contributed by atoms with van der Waals surface area (Å²) in [5.74, 6) is -0.972. The average molecular weight is 626 g/mol. The van der Waals surface area contributed by atoms with Gasteiger partial charge in [-0.3, -0.25) is 18.5 Å². The van der Waals surface area contributed by atoms with E-state index in [9.17, 15) is 18.8 Å². The summed E-state index contributed by atoms with van der Waals surface area (Å²) >= 11 is 12.8. The molecule has 212 valence electrons. The van der Waals surface area contributed by atoms with Gasteiger partial charge in [0.25, 0.3) is 5.56 Å². The Morgan fingerprint density at radius 2 is 1.68 bits per heavy atom. The number of hydrogen-bond acceptors (Lipinski definition) is 7. The van der Waals surface area contributed by atoms with Crippen molar-refractivity contribution >= 4 is 66.1 Å². The average Bonchev–Trinajstić information content (AvgIpc) is 2.85. The van der Waals surface area contributed by atoms with Gasteiger partial charge in [-0.25, -0.2) is 4.98 Å². The maximum atomic E-state index is 13.7. The number of benzene rings is 2. The summed E-state index contributed by atoms with van der Waals surface area (Å²) in [7, 11) is -5.05. The van der Waals surface area contributed by atoms with Crippen LogP contribution in [0.2, 0.25) is 10.0 Å². The number of nitrogens with one attached hydrogen (secondary N) is 1. The van der Waals surface area contributed by atoms with Gasteiger partial charge < -0.3 is 24.9 Å². The SMILES string of the molecule is CN(C)CCCn1c(=O)c(-c2c(Cl)cccc2Cl)cc2cnc(Nc3ccc(P(=O)(O)CP(=O)(O)O)cc3)nc21. The molecule has 0 radical (unpaired) electrons. The normalized spacial score (nSPS) is 13.5. The van der Waals surface area contributed by atoms with Gasteiger partial charge in [0.15, 0.2) is 0 Å². The molecule has 1 atom stereocenters. The van der Waals surface area contributed by atoms with Crippen molar-refractivity contribution in [1.29, 1.82) is 0 Å². The first-order valence-corrected chi connectivity index (χ1v) is 16.4. The Morgan fingerprint density at radius 1 is 1.02 bits per heavy atom. The van der Waals surface area contributed by atoms with Gasteiger partial charge in [-0.2, -0.15) is 4.98 Å². The third kappa shape index (κ3) is 7.18. The molecule has 0 saturated heterocycles. The largest absolute Gasteiger partial charge is 0.341 e. The molecule has 0 aliphatic heterocycles. The van der Waals surface area contributed by atoms with Crippen LogP contribution in [0.4, 0.5) is 11.6 Å². The second-order valence-corrected chi connectivity index (χ2v) is 14.6. The molecule has 1 unspecified atom stereocenters. The molecule has 2 aromatic carbocycles. The van der Waals surface area contributed by atoms with Crippen molar-refractivity contribution in [3.05, 3.63) is 75.1 Å². The highest BCUT2D eigenvalue weighted by Gasteiger charge is 2.31. The Labute approximate surface area is 240 Å². The molecule has 2 heterocycles. The van der Waals surface area contributed by atoms with E-state index in [1.54, 1.807) is 35.0 Å². The van der Waals surface area contributed by atoms with Gasteiger partial charge in [0, 0.05) is 34.7 Å². The molecule has 0 amide bonds. The number of fused-ring (bicyclic) bond motifs is 1. The number of halogens is 2.